The Hall–Kier alpha value is -1.51. The Morgan fingerprint density at radius 1 is 1.06 bits per heavy atom. The van der Waals surface area contributed by atoms with Crippen LogP contribution in [0.4, 0.5) is 0 Å². The van der Waals surface area contributed by atoms with Crippen molar-refractivity contribution in [3.63, 3.8) is 0 Å². The summed E-state index contributed by atoms with van der Waals surface area (Å²) in [6.07, 6.45) is 7.23. The fourth-order valence-electron chi connectivity index (χ4n) is 6.03. The number of fused-ring (bicyclic) bond motifs is 3. The summed E-state index contributed by atoms with van der Waals surface area (Å²) >= 11 is 0. The van der Waals surface area contributed by atoms with Gasteiger partial charge in [0.15, 0.2) is 0 Å². The number of carbonyl (C=O) groups excluding carboxylic acids is 1. The maximum atomic E-state index is 12.3. The van der Waals surface area contributed by atoms with Gasteiger partial charge in [-0.25, -0.2) is 4.79 Å². The van der Waals surface area contributed by atoms with E-state index in [1.807, 2.05) is 12.1 Å². The highest BCUT2D eigenvalue weighted by Gasteiger charge is 2.64. The number of hydrogen-bond acceptors (Lipinski definition) is 7. The minimum atomic E-state index is -0.403. The largest absolute Gasteiger partial charge is 0.425 e. The van der Waals surface area contributed by atoms with E-state index in [1.54, 1.807) is 7.11 Å². The van der Waals surface area contributed by atoms with Crippen LogP contribution in [-0.4, -0.2) is 65.4 Å². The van der Waals surface area contributed by atoms with Crippen molar-refractivity contribution in [2.45, 2.75) is 56.9 Å². The quantitative estimate of drug-likeness (QED) is 0.291. The average Bonchev–Trinajstić information content (AvgIpc) is 3.49. The van der Waals surface area contributed by atoms with Crippen LogP contribution < -0.4 is 10.5 Å². The van der Waals surface area contributed by atoms with Crippen LogP contribution in [0, 0.1) is 11.3 Å². The van der Waals surface area contributed by atoms with Gasteiger partial charge in [-0.15, -0.1) is 0 Å². The molecule has 1 spiro atoms. The molecule has 0 radical (unpaired) electrons. The Kier molecular flexibility index (Phi) is 8.07. The van der Waals surface area contributed by atoms with E-state index in [0.717, 1.165) is 18.8 Å². The van der Waals surface area contributed by atoms with Crippen LogP contribution in [0.15, 0.2) is 18.2 Å². The van der Waals surface area contributed by atoms with Crippen LogP contribution >= 0.6 is 0 Å². The first kappa shape index (κ1) is 24.6. The smallest absolute Gasteiger partial charge is 0.337 e. The lowest BCUT2D eigenvalue weighted by Gasteiger charge is -2.48. The monoisotopic (exact) mass is 461 g/mol. The predicted molar refractivity (Wildman–Crippen MR) is 124 cm³/mol. The third-order valence-electron chi connectivity index (χ3n) is 7.93. The number of nitrogens with two attached hydrogens (primary N) is 1. The number of hydrogen-bond donors (Lipinski definition) is 1. The molecular formula is C26H39NO6. The van der Waals surface area contributed by atoms with Gasteiger partial charge < -0.3 is 29.4 Å². The zero-order valence-corrected chi connectivity index (χ0v) is 20.1. The Bertz CT molecular complexity index is 816. The fourth-order valence-corrected chi connectivity index (χ4v) is 6.03. The van der Waals surface area contributed by atoms with Gasteiger partial charge in [-0.05, 0) is 60.3 Å². The Labute approximate surface area is 197 Å². The number of carbonyl (C=O) groups is 1. The van der Waals surface area contributed by atoms with Gasteiger partial charge in [0.05, 0.1) is 39.6 Å². The average molecular weight is 462 g/mol. The van der Waals surface area contributed by atoms with E-state index >= 15 is 0 Å². The van der Waals surface area contributed by atoms with Crippen molar-refractivity contribution < 1.29 is 28.5 Å². The van der Waals surface area contributed by atoms with Crippen LogP contribution in [0.25, 0.3) is 0 Å². The molecule has 3 aliphatic rings. The molecule has 4 rings (SSSR count). The van der Waals surface area contributed by atoms with Gasteiger partial charge in [-0.3, -0.25) is 0 Å². The van der Waals surface area contributed by atoms with E-state index in [2.05, 4.69) is 13.0 Å². The summed E-state index contributed by atoms with van der Waals surface area (Å²) in [5.74, 6) is 0.951. The van der Waals surface area contributed by atoms with Crippen molar-refractivity contribution in [2.75, 3.05) is 53.4 Å². The maximum Gasteiger partial charge on any atom is 0.337 e. The van der Waals surface area contributed by atoms with Crippen LogP contribution in [0.5, 0.6) is 5.75 Å². The highest BCUT2D eigenvalue weighted by Crippen LogP contribution is 2.66. The summed E-state index contributed by atoms with van der Waals surface area (Å²) in [6, 6.07) is 6.27. The molecule has 2 bridgehead atoms. The standard InChI is InChI=1S/C26H39NO6/c1-25-8-4-3-5-20-17-26(20,24(25)27)16-19-6-7-21(15-22(19)25)33-23(28)18-32-14-13-31-12-11-30-10-9-29-2/h6-7,15,20,24H,3-5,8-14,16-18,27H2,1-2H3/t20-,24+,25+,26?/m0/s1. The van der Waals surface area contributed by atoms with E-state index in [1.165, 1.54) is 36.8 Å². The first-order valence-electron chi connectivity index (χ1n) is 12.3. The molecule has 33 heavy (non-hydrogen) atoms. The first-order valence-corrected chi connectivity index (χ1v) is 12.3. The molecule has 2 fully saturated rings. The summed E-state index contributed by atoms with van der Waals surface area (Å²) in [5.41, 5.74) is 9.79. The second kappa shape index (κ2) is 10.8. The molecule has 1 unspecified atom stereocenters. The number of rotatable bonds is 12. The minimum absolute atomic E-state index is 0.0632. The number of ether oxygens (including phenoxy) is 5. The maximum absolute atomic E-state index is 12.3. The second-order valence-electron chi connectivity index (χ2n) is 10.0. The van der Waals surface area contributed by atoms with Crippen molar-refractivity contribution in [3.05, 3.63) is 29.3 Å². The van der Waals surface area contributed by atoms with Crippen molar-refractivity contribution in [1.82, 2.24) is 0 Å². The number of methoxy groups -OCH3 is 1. The minimum Gasteiger partial charge on any atom is -0.425 e. The van der Waals surface area contributed by atoms with Crippen molar-refractivity contribution in [2.24, 2.45) is 17.1 Å². The van der Waals surface area contributed by atoms with Gasteiger partial charge >= 0.3 is 5.97 Å². The molecule has 0 saturated heterocycles. The van der Waals surface area contributed by atoms with Crippen molar-refractivity contribution >= 4 is 5.97 Å². The molecule has 7 heteroatoms. The van der Waals surface area contributed by atoms with Crippen LogP contribution in [0.3, 0.4) is 0 Å². The van der Waals surface area contributed by atoms with E-state index in [-0.39, 0.29) is 23.5 Å². The normalized spacial score (nSPS) is 30.0. The molecule has 0 amide bonds. The summed E-state index contributed by atoms with van der Waals surface area (Å²) in [5, 5.41) is 0. The zero-order chi connectivity index (χ0) is 23.3. The van der Waals surface area contributed by atoms with E-state index in [0.29, 0.717) is 45.4 Å². The third kappa shape index (κ3) is 5.43. The lowest BCUT2D eigenvalue weighted by atomic mass is 9.59. The molecule has 2 saturated carbocycles. The summed E-state index contributed by atoms with van der Waals surface area (Å²) in [4.78, 5) is 12.3. The van der Waals surface area contributed by atoms with Crippen molar-refractivity contribution in [1.29, 1.82) is 0 Å². The molecule has 0 aliphatic heterocycles. The van der Waals surface area contributed by atoms with E-state index in [9.17, 15) is 4.79 Å². The SMILES string of the molecule is COCCOCCOCCOCC(=O)Oc1ccc2c(c1)[C@@]1(C)CCCC[C@H]3CC3(C2)[C@@H]1N. The van der Waals surface area contributed by atoms with Crippen LogP contribution in [0.2, 0.25) is 0 Å². The predicted octanol–water partition coefficient (Wildman–Crippen LogP) is 3.01. The lowest BCUT2D eigenvalue weighted by Crippen LogP contribution is -2.54. The van der Waals surface area contributed by atoms with Gasteiger partial charge in [0.25, 0.3) is 0 Å². The second-order valence-corrected chi connectivity index (χ2v) is 10.0. The van der Waals surface area contributed by atoms with Gasteiger partial charge in [-0.2, -0.15) is 0 Å². The third-order valence-corrected chi connectivity index (χ3v) is 7.93. The topological polar surface area (TPSA) is 89.2 Å². The number of benzene rings is 1. The van der Waals surface area contributed by atoms with Crippen LogP contribution in [-0.2, 0) is 35.6 Å². The molecule has 4 atom stereocenters. The molecule has 7 nitrogen and oxygen atoms in total. The molecule has 1 aromatic rings. The summed E-state index contributed by atoms with van der Waals surface area (Å²) in [7, 11) is 1.64. The molecule has 2 N–H and O–H groups in total. The van der Waals surface area contributed by atoms with E-state index < -0.39 is 5.97 Å². The summed E-state index contributed by atoms with van der Waals surface area (Å²) in [6.45, 7) is 5.05. The Balaban J connectivity index is 1.24. The van der Waals surface area contributed by atoms with E-state index in [4.69, 9.17) is 29.4 Å². The van der Waals surface area contributed by atoms with Gasteiger partial charge in [-0.1, -0.05) is 25.8 Å². The molecular weight excluding hydrogens is 422 g/mol. The molecule has 0 heterocycles. The Morgan fingerprint density at radius 2 is 1.79 bits per heavy atom. The molecule has 1 aromatic carbocycles. The van der Waals surface area contributed by atoms with Gasteiger partial charge in [0, 0.05) is 18.6 Å². The number of esters is 1. The lowest BCUT2D eigenvalue weighted by molar-refractivity contribution is -0.140. The zero-order valence-electron chi connectivity index (χ0n) is 20.1. The molecule has 184 valence electrons. The molecule has 0 aromatic heterocycles. The van der Waals surface area contributed by atoms with Gasteiger partial charge in [0.2, 0.25) is 0 Å². The first-order chi connectivity index (χ1) is 16.0. The fraction of sp³-hybridized carbons (Fsp3) is 0.731. The highest BCUT2D eigenvalue weighted by molar-refractivity contribution is 5.73. The van der Waals surface area contributed by atoms with Gasteiger partial charge in [0.1, 0.15) is 12.4 Å². The molecule has 3 aliphatic carbocycles. The van der Waals surface area contributed by atoms with Crippen molar-refractivity contribution in [3.8, 4) is 5.75 Å². The highest BCUT2D eigenvalue weighted by atomic mass is 16.6. The Morgan fingerprint density at radius 3 is 2.55 bits per heavy atom. The van der Waals surface area contributed by atoms with Crippen LogP contribution in [0.1, 0.15) is 50.2 Å². The summed E-state index contributed by atoms with van der Waals surface area (Å²) < 4.78 is 26.6.